The number of para-hydroxylation sites is 6. The summed E-state index contributed by atoms with van der Waals surface area (Å²) in [4.78, 5) is 5.14. The van der Waals surface area contributed by atoms with Crippen molar-refractivity contribution in [3.63, 3.8) is 0 Å². The van der Waals surface area contributed by atoms with Crippen molar-refractivity contribution in [1.29, 1.82) is 0 Å². The molecule has 0 amide bonds. The summed E-state index contributed by atoms with van der Waals surface area (Å²) in [5.41, 5.74) is 17.5. The van der Waals surface area contributed by atoms with Gasteiger partial charge in [-0.25, -0.2) is 9.37 Å². The van der Waals surface area contributed by atoms with Crippen LogP contribution in [0.2, 0.25) is 0 Å². The number of benzene rings is 13. The Morgan fingerprint density at radius 3 is 1.66 bits per heavy atom. The van der Waals surface area contributed by atoms with Gasteiger partial charge in [0, 0.05) is 90.1 Å². The van der Waals surface area contributed by atoms with E-state index in [2.05, 4.69) is 323 Å². The number of fused-ring (bicyclic) bond motifs is 16. The van der Waals surface area contributed by atoms with Crippen LogP contribution in [-0.2, 0) is 12.0 Å². The van der Waals surface area contributed by atoms with Gasteiger partial charge in [0.15, 0.2) is 16.8 Å². The van der Waals surface area contributed by atoms with Crippen LogP contribution in [0.1, 0.15) is 31.9 Å². The number of aromatic nitrogens is 6. The van der Waals surface area contributed by atoms with Gasteiger partial charge in [-0.3, -0.25) is 4.57 Å². The molecule has 6 heterocycles. The maximum atomic E-state index is 15.5. The molecule has 0 unspecified atom stereocenters. The first-order valence-electron chi connectivity index (χ1n) is 33.2. The predicted octanol–water partition coefficient (Wildman–Crippen LogP) is 22.7. The molecule has 0 radical (unpaired) electrons. The summed E-state index contributed by atoms with van der Waals surface area (Å²) in [5.74, 6) is 1.86. The lowest BCUT2D eigenvalue weighted by atomic mass is 9.88. The van der Waals surface area contributed by atoms with Crippen LogP contribution in [0.4, 0.5) is 4.39 Å². The Balaban J connectivity index is 0.865. The van der Waals surface area contributed by atoms with Crippen molar-refractivity contribution in [2.75, 3.05) is 0 Å². The molecule has 19 aromatic rings. The smallest absolute Gasteiger partial charge is 0.255 e. The normalized spacial score (nSPS) is 12.2. The molecule has 0 bridgehead atoms. The van der Waals surface area contributed by atoms with Crippen LogP contribution in [0.15, 0.2) is 310 Å². The van der Waals surface area contributed by atoms with E-state index in [1.807, 2.05) is 12.3 Å². The summed E-state index contributed by atoms with van der Waals surface area (Å²) in [6.45, 7) is 7.51. The highest BCUT2D eigenvalue weighted by atomic mass is 19.1. The number of pyridine rings is 1. The lowest BCUT2D eigenvalue weighted by Gasteiger charge is -2.20. The summed E-state index contributed by atoms with van der Waals surface area (Å²) < 4.78 is 35.1. The average Bonchev–Trinajstić information content (AvgIpc) is 1.58. The largest absolute Gasteiger partial charge is 0.455 e. The summed E-state index contributed by atoms with van der Waals surface area (Å²) in [5, 5.41) is 13.4. The van der Waals surface area contributed by atoms with Gasteiger partial charge in [-0.05, 0) is 134 Å². The molecule has 460 valence electrons. The first kappa shape index (κ1) is 56.2. The molecule has 0 aliphatic rings. The van der Waals surface area contributed by atoms with Gasteiger partial charge >= 0.3 is 0 Å². The summed E-state index contributed by atoms with van der Waals surface area (Å²) in [6.07, 6.45) is 4.14. The van der Waals surface area contributed by atoms with E-state index in [1.165, 1.54) is 39.0 Å². The van der Waals surface area contributed by atoms with Crippen molar-refractivity contribution in [1.82, 2.24) is 23.1 Å². The lowest BCUT2D eigenvalue weighted by molar-refractivity contribution is -0.567. The third kappa shape index (κ3) is 8.94. The van der Waals surface area contributed by atoms with Gasteiger partial charge in [0.05, 0.1) is 27.8 Å². The molecule has 0 N–H and O–H groups in total. The minimum atomic E-state index is -0.290. The molecule has 0 spiro atoms. The second-order valence-electron chi connectivity index (χ2n) is 26.6. The number of hydrogen-bond donors (Lipinski definition) is 0. The first-order valence-corrected chi connectivity index (χ1v) is 33.2. The molecule has 0 saturated carbocycles. The zero-order valence-electron chi connectivity index (χ0n) is 53.6. The van der Waals surface area contributed by atoms with Crippen molar-refractivity contribution < 1.29 is 13.7 Å². The molecular weight excluding hydrogens is 1190 g/mol. The third-order valence-electron chi connectivity index (χ3n) is 20.0. The zero-order valence-corrected chi connectivity index (χ0v) is 53.6. The number of rotatable bonds is 9. The maximum absolute atomic E-state index is 15.5. The first-order chi connectivity index (χ1) is 47.7. The van der Waals surface area contributed by atoms with Gasteiger partial charge in [0.1, 0.15) is 28.6 Å². The number of hydrogen-bond acceptors (Lipinski definition) is 2. The maximum Gasteiger partial charge on any atom is 0.255 e. The number of imidazole rings is 1. The van der Waals surface area contributed by atoms with Crippen molar-refractivity contribution in [2.24, 2.45) is 0 Å². The molecule has 6 aromatic heterocycles. The third-order valence-corrected chi connectivity index (χ3v) is 20.0. The second-order valence-corrected chi connectivity index (χ2v) is 26.6. The second kappa shape index (κ2) is 21.8. The highest BCUT2D eigenvalue weighted by molar-refractivity contribution is 6.22. The Hall–Kier alpha value is -12.4. The Morgan fingerprint density at radius 1 is 0.402 bits per heavy atom. The molecule has 0 aliphatic carbocycles. The van der Waals surface area contributed by atoms with Gasteiger partial charge in [-0.1, -0.05) is 221 Å². The molecule has 0 saturated heterocycles. The summed E-state index contributed by atoms with van der Waals surface area (Å²) in [6, 6.07) is 106. The highest BCUT2D eigenvalue weighted by Crippen LogP contribution is 2.47. The lowest BCUT2D eigenvalue weighted by Crippen LogP contribution is -2.28. The molecule has 7 nitrogen and oxygen atoms in total. The SMILES string of the molecule is CC(C)(C)c1ccnc(-n2c3ccccc3c3cc(-n4c5ccccc5c5cccc(-c6ccc7c(c6)c6ccccc6n7Cc6ccccc6)c54)c(Oc4cccc(-[n+]5cn6c7c(-c8cccc(F)c8)cccc7c7ccccc7c7ccccc7c7cccc5c76)c4)cc32)c1. The highest BCUT2D eigenvalue weighted by Gasteiger charge is 2.27. The van der Waals surface area contributed by atoms with E-state index in [-0.39, 0.29) is 11.2 Å². The number of nitrogens with zero attached hydrogens (tertiary/aromatic N) is 6. The van der Waals surface area contributed by atoms with Crippen LogP contribution in [-0.4, -0.2) is 23.1 Å². The van der Waals surface area contributed by atoms with Gasteiger partial charge in [-0.15, -0.1) is 0 Å². The average molecular weight is 1250 g/mol. The Bertz CT molecular complexity index is 6520. The Labute approximate surface area is 558 Å². The van der Waals surface area contributed by atoms with Crippen LogP contribution >= 0.6 is 0 Å². The van der Waals surface area contributed by atoms with Gasteiger partial charge in [-0.2, -0.15) is 8.97 Å². The molecule has 0 aliphatic heterocycles. The predicted molar refractivity (Wildman–Crippen MR) is 399 cm³/mol. The number of ether oxygens (including phenoxy) is 1. The summed E-state index contributed by atoms with van der Waals surface area (Å²) in [7, 11) is 0. The fraction of sp³-hybridized carbons (Fsp3) is 0.0562. The molecule has 97 heavy (non-hydrogen) atoms. The Kier molecular flexibility index (Phi) is 12.7. The fourth-order valence-corrected chi connectivity index (χ4v) is 15.6. The zero-order chi connectivity index (χ0) is 64.6. The van der Waals surface area contributed by atoms with Gasteiger partial charge < -0.3 is 13.9 Å². The number of halogens is 1. The van der Waals surface area contributed by atoms with Crippen molar-refractivity contribution >= 4 is 114 Å². The van der Waals surface area contributed by atoms with Crippen LogP contribution in [0, 0.1) is 5.82 Å². The van der Waals surface area contributed by atoms with Crippen molar-refractivity contribution in [3.8, 4) is 50.9 Å². The van der Waals surface area contributed by atoms with E-state index in [9.17, 15) is 0 Å². The fourth-order valence-electron chi connectivity index (χ4n) is 15.6. The van der Waals surface area contributed by atoms with E-state index in [0.29, 0.717) is 11.5 Å². The van der Waals surface area contributed by atoms with Crippen LogP contribution in [0.25, 0.3) is 154 Å². The minimum absolute atomic E-state index is 0.120. The van der Waals surface area contributed by atoms with E-state index < -0.39 is 0 Å². The van der Waals surface area contributed by atoms with Gasteiger partial charge in [0.25, 0.3) is 6.33 Å². The standard InChI is InChI=1S/C89H62FN6O/c1-89(2,3)59-46-47-91-85(50-59)95-79-41-15-13-34-71(79)76-52-83(96-80-42-16-12-32-69(80)74-38-20-36-64(87(74)96)58-44-45-78-75(49-58)70-33-11-14-40-77(70)92(78)54-56-22-5-4-6-23-56)84(53-82(76)95)97-62-27-18-26-61(51-62)93-55-94-86-63(57-24-17-25-60(90)48-57)35-19-37-72(86)67-30-9-7-28-65(67)66-29-8-10-31-68(66)73-39-21-43-81(93)88(73)94/h4-53,55H,54H2,1-3H3/q+1. The van der Waals surface area contributed by atoms with Gasteiger partial charge in [0.2, 0.25) is 0 Å². The molecule has 0 atom stereocenters. The molecule has 8 heteroatoms. The molecular formula is C89H62FN6O+. The minimum Gasteiger partial charge on any atom is -0.455 e. The van der Waals surface area contributed by atoms with Crippen LogP contribution < -0.4 is 9.30 Å². The Morgan fingerprint density at radius 2 is 0.948 bits per heavy atom. The topological polar surface area (TPSA) is 45.2 Å². The van der Waals surface area contributed by atoms with E-state index in [1.54, 1.807) is 12.1 Å². The van der Waals surface area contributed by atoms with Crippen molar-refractivity contribution in [3.05, 3.63) is 327 Å². The molecule has 13 aromatic carbocycles. The van der Waals surface area contributed by atoms with E-state index in [0.717, 1.165) is 138 Å². The van der Waals surface area contributed by atoms with E-state index >= 15 is 4.39 Å². The van der Waals surface area contributed by atoms with Crippen LogP contribution in [0.3, 0.4) is 0 Å². The van der Waals surface area contributed by atoms with E-state index in [4.69, 9.17) is 9.72 Å². The quantitative estimate of drug-likeness (QED) is 0.135. The van der Waals surface area contributed by atoms with Crippen molar-refractivity contribution in [2.45, 2.75) is 32.7 Å². The molecule has 19 rings (SSSR count). The summed E-state index contributed by atoms with van der Waals surface area (Å²) >= 11 is 0. The molecule has 0 fully saturated rings. The van der Waals surface area contributed by atoms with Crippen LogP contribution in [0.5, 0.6) is 11.5 Å². The monoisotopic (exact) mass is 1250 g/mol.